The first-order valence-electron chi connectivity index (χ1n) is 12.5. The molecule has 0 aromatic heterocycles. The third-order valence-electron chi connectivity index (χ3n) is 8.96. The average molecular weight is 487 g/mol. The number of allylic oxidation sites excluding steroid dienone is 1. The summed E-state index contributed by atoms with van der Waals surface area (Å²) in [4.78, 5) is 0. The van der Waals surface area contributed by atoms with Gasteiger partial charge in [-0.3, -0.25) is 0 Å². The van der Waals surface area contributed by atoms with Crippen LogP contribution in [0.2, 0.25) is 0 Å². The van der Waals surface area contributed by atoms with Crippen molar-refractivity contribution in [2.45, 2.75) is 74.8 Å². The van der Waals surface area contributed by atoms with E-state index in [-0.39, 0.29) is 5.41 Å². The van der Waals surface area contributed by atoms with Crippen LogP contribution >= 0.6 is 0 Å². The minimum atomic E-state index is 0.209. The molecular weight excluding hydrogens is 452 g/mol. The van der Waals surface area contributed by atoms with Crippen molar-refractivity contribution < 1.29 is 24.7 Å². The Hall–Kier alpha value is -0.937. The summed E-state index contributed by atoms with van der Waals surface area (Å²) in [6.45, 7) is 6.89. The fraction of sp³-hybridized carbons (Fsp3) is 0.533. The van der Waals surface area contributed by atoms with Crippen molar-refractivity contribution in [3.8, 4) is 11.1 Å². The zero-order chi connectivity index (χ0) is 21.4. The van der Waals surface area contributed by atoms with Gasteiger partial charge in [0.1, 0.15) is 0 Å². The van der Waals surface area contributed by atoms with Crippen LogP contribution in [0, 0.1) is 23.2 Å². The van der Waals surface area contributed by atoms with E-state index in [4.69, 9.17) is 0 Å². The van der Waals surface area contributed by atoms with Crippen LogP contribution in [0.1, 0.15) is 86.0 Å². The number of hydrogen-bond donors (Lipinski definition) is 0. The first-order chi connectivity index (χ1) is 14.8. The van der Waals surface area contributed by atoms with E-state index in [1.165, 1.54) is 47.9 Å². The van der Waals surface area contributed by atoms with E-state index in [9.17, 15) is 0 Å². The van der Waals surface area contributed by atoms with Gasteiger partial charge in [-0.15, -0.1) is 0 Å². The zero-order valence-corrected chi connectivity index (χ0v) is 21.8. The Morgan fingerprint density at radius 1 is 0.871 bits per heavy atom. The van der Waals surface area contributed by atoms with Gasteiger partial charge in [0.2, 0.25) is 0 Å². The molecule has 1 atom stereocenters. The molecule has 159 valence electrons. The molecule has 7 rings (SSSR count). The maximum absolute atomic E-state index is 2.63. The molecule has 0 aliphatic heterocycles. The van der Waals surface area contributed by atoms with Crippen molar-refractivity contribution in [1.29, 1.82) is 0 Å². The van der Waals surface area contributed by atoms with Crippen LogP contribution in [-0.4, -0.2) is 0 Å². The van der Waals surface area contributed by atoms with Gasteiger partial charge in [0.15, 0.2) is 0 Å². The summed E-state index contributed by atoms with van der Waals surface area (Å²) in [5, 5.41) is 0. The standard InChI is InChI=1S/C30H35.Zr/c1-29(2,3)26-9-7-24(8-10-26)27-6-4-5-25-14-23(15-28(25)27)19-30-16-20-11-21(17-30)13-22(12-20)18-30;/h4-10,14-15,20-22H,11-13,16-19H2,1-3H3;. The molecule has 4 saturated carbocycles. The fourth-order valence-electron chi connectivity index (χ4n) is 7.96. The summed E-state index contributed by atoms with van der Waals surface area (Å²) < 4.78 is 0.670. The first kappa shape index (κ1) is 20.7. The Kier molecular flexibility index (Phi) is 4.85. The van der Waals surface area contributed by atoms with E-state index >= 15 is 0 Å². The van der Waals surface area contributed by atoms with Crippen molar-refractivity contribution in [3.05, 3.63) is 64.7 Å². The van der Waals surface area contributed by atoms with Crippen molar-refractivity contribution in [2.24, 2.45) is 23.2 Å². The SMILES string of the molecule is CC(C)(C)c1ccc(-c2cccc3c2C=C(CC24CC5CC(CC(C5)C2)C4)[CH]3[Zr])cc1. The Labute approximate surface area is 203 Å². The van der Waals surface area contributed by atoms with Crippen molar-refractivity contribution in [2.75, 3.05) is 0 Å². The van der Waals surface area contributed by atoms with Gasteiger partial charge in [0.25, 0.3) is 0 Å². The topological polar surface area (TPSA) is 0 Å². The van der Waals surface area contributed by atoms with Gasteiger partial charge in [-0.05, 0) is 0 Å². The van der Waals surface area contributed by atoms with Crippen LogP contribution in [-0.2, 0) is 30.1 Å². The van der Waals surface area contributed by atoms with Gasteiger partial charge >= 0.3 is 205 Å². The van der Waals surface area contributed by atoms with Crippen LogP contribution in [0.3, 0.4) is 0 Å². The molecular formula is C30H35Zr. The van der Waals surface area contributed by atoms with Crippen LogP contribution in [0.15, 0.2) is 48.0 Å². The van der Waals surface area contributed by atoms with Crippen molar-refractivity contribution in [1.82, 2.24) is 0 Å². The molecule has 5 aliphatic carbocycles. The summed E-state index contributed by atoms with van der Waals surface area (Å²) in [7, 11) is 0. The zero-order valence-electron chi connectivity index (χ0n) is 19.4. The Morgan fingerprint density at radius 3 is 2.06 bits per heavy atom. The number of fused-ring (bicyclic) bond motifs is 1. The summed E-state index contributed by atoms with van der Waals surface area (Å²) in [5.41, 5.74) is 9.95. The van der Waals surface area contributed by atoms with E-state index in [0.29, 0.717) is 9.04 Å². The van der Waals surface area contributed by atoms with Gasteiger partial charge in [-0.2, -0.15) is 0 Å². The van der Waals surface area contributed by atoms with Crippen LogP contribution in [0.4, 0.5) is 0 Å². The number of benzene rings is 2. The number of hydrogen-bond acceptors (Lipinski definition) is 0. The van der Waals surface area contributed by atoms with Crippen LogP contribution in [0.25, 0.3) is 17.2 Å². The Balaban J connectivity index is 1.32. The third-order valence-corrected chi connectivity index (χ3v) is 10.6. The second kappa shape index (κ2) is 7.28. The molecule has 0 nitrogen and oxygen atoms in total. The monoisotopic (exact) mass is 485 g/mol. The van der Waals surface area contributed by atoms with Gasteiger partial charge < -0.3 is 0 Å². The van der Waals surface area contributed by atoms with Gasteiger partial charge in [0, 0.05) is 0 Å². The average Bonchev–Trinajstić information content (AvgIpc) is 3.01. The van der Waals surface area contributed by atoms with Crippen LogP contribution in [0.5, 0.6) is 0 Å². The van der Waals surface area contributed by atoms with E-state index in [0.717, 1.165) is 17.8 Å². The molecule has 0 spiro atoms. The molecule has 5 aliphatic rings. The second-order valence-corrected chi connectivity index (χ2v) is 13.8. The fourth-order valence-corrected chi connectivity index (χ4v) is 9.03. The molecule has 0 radical (unpaired) electrons. The molecule has 2 aromatic carbocycles. The number of rotatable bonds is 3. The van der Waals surface area contributed by atoms with Gasteiger partial charge in [-0.25, -0.2) is 0 Å². The quantitative estimate of drug-likeness (QED) is 0.410. The van der Waals surface area contributed by atoms with Gasteiger partial charge in [0.05, 0.1) is 0 Å². The van der Waals surface area contributed by atoms with Crippen molar-refractivity contribution in [3.63, 3.8) is 0 Å². The predicted octanol–water partition coefficient (Wildman–Crippen LogP) is 8.24. The minimum absolute atomic E-state index is 0.209. The molecule has 4 bridgehead atoms. The summed E-state index contributed by atoms with van der Waals surface area (Å²) in [6, 6.07) is 16.4. The molecule has 0 N–H and O–H groups in total. The van der Waals surface area contributed by atoms with Crippen LogP contribution < -0.4 is 0 Å². The third kappa shape index (κ3) is 3.58. The van der Waals surface area contributed by atoms with Gasteiger partial charge in [-0.1, -0.05) is 0 Å². The first-order valence-corrected chi connectivity index (χ1v) is 13.9. The van der Waals surface area contributed by atoms with E-state index in [2.05, 4.69) is 69.3 Å². The molecule has 1 unspecified atom stereocenters. The Morgan fingerprint density at radius 2 is 1.48 bits per heavy atom. The molecule has 4 fully saturated rings. The summed E-state index contributed by atoms with van der Waals surface area (Å²) in [5.74, 6) is 3.15. The summed E-state index contributed by atoms with van der Waals surface area (Å²) in [6.07, 6.45) is 13.2. The molecule has 31 heavy (non-hydrogen) atoms. The second-order valence-electron chi connectivity index (χ2n) is 12.4. The van der Waals surface area contributed by atoms with E-state index in [1.54, 1.807) is 55.1 Å². The summed E-state index contributed by atoms with van der Waals surface area (Å²) >= 11 is 1.67. The van der Waals surface area contributed by atoms with E-state index in [1.807, 2.05) is 0 Å². The molecule has 2 aromatic rings. The normalized spacial score (nSPS) is 33.4. The van der Waals surface area contributed by atoms with Crippen molar-refractivity contribution >= 4 is 6.08 Å². The molecule has 0 heterocycles. The predicted molar refractivity (Wildman–Crippen MR) is 127 cm³/mol. The Bertz CT molecular complexity index is 998. The molecule has 1 heteroatoms. The molecule has 0 amide bonds. The maximum atomic E-state index is 2.63. The van der Waals surface area contributed by atoms with E-state index < -0.39 is 0 Å². The molecule has 0 saturated heterocycles.